The van der Waals surface area contributed by atoms with Gasteiger partial charge in [-0.1, -0.05) is 25.5 Å². The summed E-state index contributed by atoms with van der Waals surface area (Å²) in [7, 11) is 0. The zero-order valence-corrected chi connectivity index (χ0v) is 15.9. The molecule has 2 N–H and O–H groups in total. The normalized spacial score (nSPS) is 16.5. The van der Waals surface area contributed by atoms with Crippen LogP contribution in [0.1, 0.15) is 61.4 Å². The number of H-pyrrole nitrogens is 2. The van der Waals surface area contributed by atoms with E-state index in [2.05, 4.69) is 51.9 Å². The molecule has 1 aliphatic rings. The lowest BCUT2D eigenvalue weighted by atomic mass is 9.96. The third kappa shape index (κ3) is 3.68. The van der Waals surface area contributed by atoms with Gasteiger partial charge in [0.1, 0.15) is 11.6 Å². The van der Waals surface area contributed by atoms with Gasteiger partial charge in [0.25, 0.3) is 0 Å². The van der Waals surface area contributed by atoms with Gasteiger partial charge in [-0.05, 0) is 50.9 Å². The summed E-state index contributed by atoms with van der Waals surface area (Å²) in [6.45, 7) is 7.56. The smallest absolute Gasteiger partial charge is 0.110 e. The lowest BCUT2D eigenvalue weighted by Gasteiger charge is -2.30. The number of aryl methyl sites for hydroxylation is 2. The molecule has 1 saturated heterocycles. The molecule has 4 rings (SSSR count). The zero-order valence-electron chi connectivity index (χ0n) is 15.9. The van der Waals surface area contributed by atoms with Gasteiger partial charge in [0.2, 0.25) is 0 Å². The van der Waals surface area contributed by atoms with Gasteiger partial charge in [-0.15, -0.1) is 0 Å². The van der Waals surface area contributed by atoms with Crippen molar-refractivity contribution in [3.63, 3.8) is 0 Å². The average molecular weight is 351 g/mol. The molecule has 0 aliphatic carbocycles. The molecule has 1 aliphatic heterocycles. The highest BCUT2D eigenvalue weighted by Crippen LogP contribution is 2.29. The van der Waals surface area contributed by atoms with Crippen molar-refractivity contribution in [3.05, 3.63) is 47.3 Å². The number of aromatic nitrogens is 4. The molecule has 138 valence electrons. The van der Waals surface area contributed by atoms with E-state index in [9.17, 15) is 0 Å². The van der Waals surface area contributed by atoms with Gasteiger partial charge in [0.15, 0.2) is 0 Å². The molecule has 1 fully saturated rings. The fourth-order valence-corrected chi connectivity index (χ4v) is 3.95. The Kier molecular flexibility index (Phi) is 5.07. The number of nitrogens with one attached hydrogen (secondary N) is 2. The Morgan fingerprint density at radius 3 is 2.81 bits per heavy atom. The van der Waals surface area contributed by atoms with Gasteiger partial charge in [-0.3, -0.25) is 4.90 Å². The van der Waals surface area contributed by atoms with E-state index in [0.717, 1.165) is 56.1 Å². The van der Waals surface area contributed by atoms with Crippen LogP contribution in [0.3, 0.4) is 0 Å². The zero-order chi connectivity index (χ0) is 17.9. The summed E-state index contributed by atoms with van der Waals surface area (Å²) < 4.78 is 0. The van der Waals surface area contributed by atoms with Crippen LogP contribution >= 0.6 is 0 Å². The number of rotatable bonds is 6. The van der Waals surface area contributed by atoms with Crippen LogP contribution in [0, 0.1) is 6.92 Å². The van der Waals surface area contributed by atoms with Crippen molar-refractivity contribution in [3.8, 4) is 0 Å². The Balaban J connectivity index is 1.34. The van der Waals surface area contributed by atoms with Crippen LogP contribution in [0.25, 0.3) is 11.0 Å². The Morgan fingerprint density at radius 1 is 1.19 bits per heavy atom. The van der Waals surface area contributed by atoms with E-state index in [4.69, 9.17) is 4.98 Å². The third-order valence-corrected chi connectivity index (χ3v) is 5.55. The van der Waals surface area contributed by atoms with E-state index in [1.54, 1.807) is 0 Å². The first-order chi connectivity index (χ1) is 12.7. The molecule has 0 radical (unpaired) electrons. The average Bonchev–Trinajstić information content (AvgIpc) is 3.28. The first-order valence-corrected chi connectivity index (χ1v) is 9.93. The van der Waals surface area contributed by atoms with E-state index >= 15 is 0 Å². The van der Waals surface area contributed by atoms with Gasteiger partial charge in [-0.25, -0.2) is 9.97 Å². The van der Waals surface area contributed by atoms with Crippen molar-refractivity contribution in [2.75, 3.05) is 13.1 Å². The predicted octanol–water partition coefficient (Wildman–Crippen LogP) is 4.32. The fraction of sp³-hybridized carbons (Fsp3) is 0.524. The molecule has 3 heterocycles. The van der Waals surface area contributed by atoms with Crippen molar-refractivity contribution < 1.29 is 0 Å². The number of aromatic amines is 2. The van der Waals surface area contributed by atoms with Gasteiger partial charge in [-0.2, -0.15) is 0 Å². The molecule has 26 heavy (non-hydrogen) atoms. The van der Waals surface area contributed by atoms with Crippen molar-refractivity contribution >= 4 is 11.0 Å². The maximum Gasteiger partial charge on any atom is 0.110 e. The summed E-state index contributed by atoms with van der Waals surface area (Å²) >= 11 is 0. The summed E-state index contributed by atoms with van der Waals surface area (Å²) in [4.78, 5) is 19.0. The number of piperidine rings is 1. The molecule has 3 aromatic rings. The highest BCUT2D eigenvalue weighted by Gasteiger charge is 2.23. The number of nitrogens with zero attached hydrogens (tertiary/aromatic N) is 3. The number of hydrogen-bond acceptors (Lipinski definition) is 3. The van der Waals surface area contributed by atoms with Crippen LogP contribution in [-0.2, 0) is 13.0 Å². The second-order valence-corrected chi connectivity index (χ2v) is 7.60. The molecule has 5 heteroatoms. The molecule has 0 unspecified atom stereocenters. The Hall–Kier alpha value is -2.14. The van der Waals surface area contributed by atoms with Crippen LogP contribution in [0.5, 0.6) is 0 Å². The molecule has 0 amide bonds. The first-order valence-electron chi connectivity index (χ1n) is 9.93. The number of hydrogen-bond donors (Lipinski definition) is 2. The van der Waals surface area contributed by atoms with E-state index < -0.39 is 0 Å². The lowest BCUT2D eigenvalue weighted by Crippen LogP contribution is -2.32. The number of para-hydroxylation sites is 1. The van der Waals surface area contributed by atoms with Crippen molar-refractivity contribution in [2.24, 2.45) is 0 Å². The largest absolute Gasteiger partial charge is 0.345 e. The summed E-state index contributed by atoms with van der Waals surface area (Å²) in [5.41, 5.74) is 4.79. The van der Waals surface area contributed by atoms with Gasteiger partial charge in [0.05, 0.1) is 11.0 Å². The summed E-state index contributed by atoms with van der Waals surface area (Å²) in [5.74, 6) is 2.84. The minimum absolute atomic E-state index is 0.542. The lowest BCUT2D eigenvalue weighted by molar-refractivity contribution is 0.200. The van der Waals surface area contributed by atoms with Gasteiger partial charge < -0.3 is 9.97 Å². The first kappa shape index (κ1) is 17.3. The fourth-order valence-electron chi connectivity index (χ4n) is 3.95. The minimum Gasteiger partial charge on any atom is -0.345 e. The van der Waals surface area contributed by atoms with Crippen molar-refractivity contribution in [2.45, 2.75) is 58.4 Å². The molecular weight excluding hydrogens is 322 g/mol. The van der Waals surface area contributed by atoms with Crippen LogP contribution in [0.2, 0.25) is 0 Å². The molecule has 0 spiro atoms. The molecule has 0 atom stereocenters. The van der Waals surface area contributed by atoms with Crippen molar-refractivity contribution in [1.29, 1.82) is 0 Å². The van der Waals surface area contributed by atoms with Crippen LogP contribution < -0.4 is 0 Å². The number of benzene rings is 1. The molecular formula is C21H29N5. The molecule has 0 bridgehead atoms. The summed E-state index contributed by atoms with van der Waals surface area (Å²) in [6, 6.07) is 6.36. The Bertz CT molecular complexity index is 854. The Labute approximate surface area is 155 Å². The highest BCUT2D eigenvalue weighted by molar-refractivity contribution is 5.78. The summed E-state index contributed by atoms with van der Waals surface area (Å²) in [5, 5.41) is 0. The van der Waals surface area contributed by atoms with Crippen molar-refractivity contribution in [1.82, 2.24) is 24.8 Å². The number of fused-ring (bicyclic) bond motifs is 1. The van der Waals surface area contributed by atoms with Crippen LogP contribution in [0.15, 0.2) is 24.4 Å². The second-order valence-electron chi connectivity index (χ2n) is 7.60. The van der Waals surface area contributed by atoms with E-state index in [-0.39, 0.29) is 0 Å². The topological polar surface area (TPSA) is 60.6 Å². The third-order valence-electron chi connectivity index (χ3n) is 5.55. The minimum atomic E-state index is 0.542. The van der Waals surface area contributed by atoms with Gasteiger partial charge >= 0.3 is 0 Å². The Morgan fingerprint density at radius 2 is 2.04 bits per heavy atom. The maximum atomic E-state index is 4.89. The van der Waals surface area contributed by atoms with E-state index in [1.165, 1.54) is 29.6 Å². The maximum absolute atomic E-state index is 4.89. The molecule has 2 aromatic heterocycles. The summed E-state index contributed by atoms with van der Waals surface area (Å²) in [6.07, 6.45) is 7.81. The van der Waals surface area contributed by atoms with Crippen LogP contribution in [0.4, 0.5) is 0 Å². The molecule has 5 nitrogen and oxygen atoms in total. The standard InChI is InChI=1S/C21H29N5/c1-3-4-8-19-22-13-17(23-19)14-26-11-9-16(10-12-26)21-24-18-7-5-6-15(2)20(18)25-21/h5-7,13,16H,3-4,8-12,14H2,1-2H3,(H,22,23)(H,24,25). The number of unbranched alkanes of at least 4 members (excludes halogenated alkanes) is 1. The van der Waals surface area contributed by atoms with E-state index in [1.807, 2.05) is 6.20 Å². The van der Waals surface area contributed by atoms with Gasteiger partial charge in [0, 0.05) is 30.8 Å². The second kappa shape index (κ2) is 7.62. The molecule has 0 saturated carbocycles. The SMILES string of the molecule is CCCCc1ncc(CN2CCC(c3nc4c(C)cccc4[nH]3)CC2)[nH]1. The van der Waals surface area contributed by atoms with E-state index in [0.29, 0.717) is 5.92 Å². The van der Waals surface area contributed by atoms with Crippen LogP contribution in [-0.4, -0.2) is 37.9 Å². The highest BCUT2D eigenvalue weighted by atomic mass is 15.1. The molecule has 1 aromatic carbocycles. The number of imidazole rings is 2. The monoisotopic (exact) mass is 351 g/mol. The number of likely N-dealkylation sites (tertiary alicyclic amines) is 1. The quantitative estimate of drug-likeness (QED) is 0.695. The predicted molar refractivity (Wildman–Crippen MR) is 105 cm³/mol.